The largest absolute Gasteiger partial charge is 0.481 e. The van der Waals surface area contributed by atoms with Crippen LogP contribution in [0.5, 0.6) is 0 Å². The smallest absolute Gasteiger partial charge is 0.303 e. The summed E-state index contributed by atoms with van der Waals surface area (Å²) >= 11 is 0. The Balaban J connectivity index is 2.05. The first-order chi connectivity index (χ1) is 8.16. The summed E-state index contributed by atoms with van der Waals surface area (Å²) < 4.78 is 1.75. The Morgan fingerprint density at radius 3 is 3.18 bits per heavy atom. The number of hydrogen-bond acceptors (Lipinski definition) is 4. The molecule has 0 unspecified atom stereocenters. The lowest BCUT2D eigenvalue weighted by Gasteiger charge is -2.05. The first-order valence-corrected chi connectivity index (χ1v) is 5.43. The van der Waals surface area contributed by atoms with Crippen LogP contribution in [-0.2, 0) is 4.79 Å². The van der Waals surface area contributed by atoms with Crippen LogP contribution in [0.4, 0.5) is 5.82 Å². The molecule has 0 saturated heterocycles. The molecule has 2 rings (SSSR count). The summed E-state index contributed by atoms with van der Waals surface area (Å²) in [5.74, 6) is -0.0448. The summed E-state index contributed by atoms with van der Waals surface area (Å²) in [6, 6.07) is 1.94. The van der Waals surface area contributed by atoms with Gasteiger partial charge in [0, 0.05) is 25.4 Å². The fourth-order valence-electron chi connectivity index (χ4n) is 1.63. The number of aromatic nitrogens is 3. The second-order valence-corrected chi connectivity index (χ2v) is 3.82. The van der Waals surface area contributed by atoms with Crippen LogP contribution in [0.1, 0.15) is 18.5 Å². The van der Waals surface area contributed by atoms with Gasteiger partial charge in [0.25, 0.3) is 0 Å². The quantitative estimate of drug-likeness (QED) is 0.762. The number of anilines is 1. The Hall–Kier alpha value is -2.11. The molecule has 0 aromatic carbocycles. The van der Waals surface area contributed by atoms with Gasteiger partial charge in [-0.25, -0.2) is 9.50 Å². The van der Waals surface area contributed by atoms with Gasteiger partial charge in [0.15, 0.2) is 5.82 Å². The summed E-state index contributed by atoms with van der Waals surface area (Å²) in [5, 5.41) is 15.9. The minimum absolute atomic E-state index is 0.161. The molecule has 0 atom stereocenters. The summed E-state index contributed by atoms with van der Waals surface area (Å²) in [5.41, 5.74) is 1.83. The van der Waals surface area contributed by atoms with Crippen LogP contribution in [0.2, 0.25) is 0 Å². The van der Waals surface area contributed by atoms with E-state index in [0.29, 0.717) is 13.0 Å². The average molecular weight is 234 g/mol. The number of aryl methyl sites for hydroxylation is 1. The van der Waals surface area contributed by atoms with Crippen molar-refractivity contribution in [1.82, 2.24) is 14.6 Å². The van der Waals surface area contributed by atoms with E-state index >= 15 is 0 Å². The van der Waals surface area contributed by atoms with E-state index in [-0.39, 0.29) is 6.42 Å². The summed E-state index contributed by atoms with van der Waals surface area (Å²) in [6.45, 7) is 2.50. The van der Waals surface area contributed by atoms with Crippen molar-refractivity contribution in [1.29, 1.82) is 0 Å². The van der Waals surface area contributed by atoms with Gasteiger partial charge in [0.1, 0.15) is 5.52 Å². The third-order valence-corrected chi connectivity index (χ3v) is 2.37. The summed E-state index contributed by atoms with van der Waals surface area (Å²) in [6.07, 6.45) is 4.18. The van der Waals surface area contributed by atoms with Gasteiger partial charge in [-0.3, -0.25) is 4.79 Å². The number of carbonyl (C=O) groups is 1. The SMILES string of the molecule is Cc1cc2c(NCCCC(=O)O)nccn2n1. The highest BCUT2D eigenvalue weighted by Crippen LogP contribution is 2.14. The van der Waals surface area contributed by atoms with Gasteiger partial charge in [0.05, 0.1) is 5.69 Å². The van der Waals surface area contributed by atoms with Crippen LogP contribution in [0.25, 0.3) is 5.52 Å². The van der Waals surface area contributed by atoms with Crippen LogP contribution in [0.15, 0.2) is 18.5 Å². The normalized spacial score (nSPS) is 10.6. The summed E-state index contributed by atoms with van der Waals surface area (Å²) in [4.78, 5) is 14.6. The van der Waals surface area contributed by atoms with Crippen LogP contribution >= 0.6 is 0 Å². The molecule has 0 bridgehead atoms. The van der Waals surface area contributed by atoms with E-state index in [1.807, 2.05) is 13.0 Å². The third-order valence-electron chi connectivity index (χ3n) is 2.37. The lowest BCUT2D eigenvalue weighted by atomic mass is 10.3. The Morgan fingerprint density at radius 1 is 1.59 bits per heavy atom. The molecule has 0 fully saturated rings. The number of hydrogen-bond donors (Lipinski definition) is 2. The zero-order chi connectivity index (χ0) is 12.3. The van der Waals surface area contributed by atoms with E-state index in [4.69, 9.17) is 5.11 Å². The van der Waals surface area contributed by atoms with E-state index in [0.717, 1.165) is 17.0 Å². The molecule has 0 radical (unpaired) electrons. The molecular weight excluding hydrogens is 220 g/mol. The summed E-state index contributed by atoms with van der Waals surface area (Å²) in [7, 11) is 0. The molecule has 2 heterocycles. The van der Waals surface area contributed by atoms with Crippen molar-refractivity contribution in [3.8, 4) is 0 Å². The molecule has 2 aromatic rings. The van der Waals surface area contributed by atoms with Gasteiger partial charge in [-0.1, -0.05) is 0 Å². The maximum atomic E-state index is 10.4. The van der Waals surface area contributed by atoms with Crippen LogP contribution in [-0.4, -0.2) is 32.2 Å². The molecule has 6 nitrogen and oxygen atoms in total. The molecule has 17 heavy (non-hydrogen) atoms. The van der Waals surface area contributed by atoms with Gasteiger partial charge in [-0.15, -0.1) is 0 Å². The van der Waals surface area contributed by atoms with Crippen molar-refractivity contribution in [2.24, 2.45) is 0 Å². The first-order valence-electron chi connectivity index (χ1n) is 5.43. The number of carboxylic acid groups (broad SMARTS) is 1. The molecular formula is C11H14N4O2. The lowest BCUT2D eigenvalue weighted by Crippen LogP contribution is -2.07. The van der Waals surface area contributed by atoms with Crippen molar-refractivity contribution in [3.63, 3.8) is 0 Å². The van der Waals surface area contributed by atoms with Crippen molar-refractivity contribution in [2.45, 2.75) is 19.8 Å². The molecule has 0 aliphatic heterocycles. The van der Waals surface area contributed by atoms with E-state index < -0.39 is 5.97 Å². The van der Waals surface area contributed by atoms with E-state index in [1.54, 1.807) is 16.9 Å². The minimum Gasteiger partial charge on any atom is -0.481 e. The highest BCUT2D eigenvalue weighted by Gasteiger charge is 2.04. The van der Waals surface area contributed by atoms with Gasteiger partial charge in [0.2, 0.25) is 0 Å². The topological polar surface area (TPSA) is 79.5 Å². The van der Waals surface area contributed by atoms with Gasteiger partial charge >= 0.3 is 5.97 Å². The molecule has 2 aromatic heterocycles. The molecule has 90 valence electrons. The third kappa shape index (κ3) is 2.72. The fraction of sp³-hybridized carbons (Fsp3) is 0.364. The second-order valence-electron chi connectivity index (χ2n) is 3.82. The lowest BCUT2D eigenvalue weighted by molar-refractivity contribution is -0.137. The average Bonchev–Trinajstić information content (AvgIpc) is 2.65. The predicted octanol–water partition coefficient (Wildman–Crippen LogP) is 1.31. The highest BCUT2D eigenvalue weighted by molar-refractivity contribution is 5.68. The number of nitrogens with one attached hydrogen (secondary N) is 1. The second kappa shape index (κ2) is 4.82. The fourth-order valence-corrected chi connectivity index (χ4v) is 1.63. The van der Waals surface area contributed by atoms with E-state index in [9.17, 15) is 4.79 Å². The number of rotatable bonds is 5. The number of aliphatic carboxylic acids is 1. The Kier molecular flexibility index (Phi) is 3.22. The molecule has 6 heteroatoms. The standard InChI is InChI=1S/C11H14N4O2/c1-8-7-9-11(12-4-2-3-10(16)17)13-5-6-15(9)14-8/h5-7H,2-4H2,1H3,(H,12,13)(H,16,17). The maximum absolute atomic E-state index is 10.4. The monoisotopic (exact) mass is 234 g/mol. The van der Waals surface area contributed by atoms with E-state index in [1.165, 1.54) is 0 Å². The molecule has 0 amide bonds. The molecule has 0 saturated carbocycles. The van der Waals surface area contributed by atoms with Crippen LogP contribution < -0.4 is 5.32 Å². The Bertz CT molecular complexity index is 535. The minimum atomic E-state index is -0.779. The van der Waals surface area contributed by atoms with E-state index in [2.05, 4.69) is 15.4 Å². The molecule has 0 aliphatic carbocycles. The van der Waals surface area contributed by atoms with Gasteiger partial charge in [-0.2, -0.15) is 5.10 Å². The van der Waals surface area contributed by atoms with Crippen molar-refractivity contribution in [2.75, 3.05) is 11.9 Å². The molecule has 0 aliphatic rings. The van der Waals surface area contributed by atoms with Crippen molar-refractivity contribution >= 4 is 17.3 Å². The van der Waals surface area contributed by atoms with Crippen LogP contribution in [0, 0.1) is 6.92 Å². The molecule has 2 N–H and O–H groups in total. The van der Waals surface area contributed by atoms with Gasteiger partial charge in [-0.05, 0) is 19.4 Å². The van der Waals surface area contributed by atoms with Crippen molar-refractivity contribution in [3.05, 3.63) is 24.2 Å². The number of nitrogens with zero attached hydrogens (tertiary/aromatic N) is 3. The molecule has 0 spiro atoms. The first kappa shape index (κ1) is 11.4. The van der Waals surface area contributed by atoms with Gasteiger partial charge < -0.3 is 10.4 Å². The van der Waals surface area contributed by atoms with Crippen LogP contribution in [0.3, 0.4) is 0 Å². The number of carboxylic acids is 1. The van der Waals surface area contributed by atoms with Crippen molar-refractivity contribution < 1.29 is 9.90 Å². The zero-order valence-corrected chi connectivity index (χ0v) is 9.55. The zero-order valence-electron chi connectivity index (χ0n) is 9.55. The number of fused-ring (bicyclic) bond motifs is 1. The highest BCUT2D eigenvalue weighted by atomic mass is 16.4. The predicted molar refractivity (Wildman–Crippen MR) is 63.1 cm³/mol. The Morgan fingerprint density at radius 2 is 2.41 bits per heavy atom. The Labute approximate surface area is 98.3 Å². The maximum Gasteiger partial charge on any atom is 0.303 e.